The summed E-state index contributed by atoms with van der Waals surface area (Å²) in [7, 11) is 1.88. The molecule has 4 N–H and O–H groups in total. The Bertz CT molecular complexity index is 1170. The number of aliphatic hydroxyl groups is 2. The van der Waals surface area contributed by atoms with Crippen LogP contribution in [0.1, 0.15) is 44.0 Å². The third-order valence-corrected chi connectivity index (χ3v) is 5.53. The van der Waals surface area contributed by atoms with E-state index < -0.39 is 24.6 Å². The topological polar surface area (TPSA) is 108 Å². The van der Waals surface area contributed by atoms with E-state index in [4.69, 9.17) is 10.1 Å². The van der Waals surface area contributed by atoms with Gasteiger partial charge < -0.3 is 25.2 Å². The van der Waals surface area contributed by atoms with Gasteiger partial charge in [-0.1, -0.05) is 32.0 Å². The molecular weight excluding hydrogens is 449 g/mol. The van der Waals surface area contributed by atoms with Crippen molar-refractivity contribution in [3.8, 4) is 22.5 Å². The smallest absolute Gasteiger partial charge is 0.305 e. The maximum absolute atomic E-state index is 13.7. The van der Waals surface area contributed by atoms with E-state index in [1.807, 2.05) is 43.7 Å². The Kier molecular flexibility index (Phi) is 8.92. The fraction of sp³-hybridized carbons (Fsp3) is 0.333. The van der Waals surface area contributed by atoms with E-state index in [0.717, 1.165) is 33.9 Å². The van der Waals surface area contributed by atoms with Crippen LogP contribution in [-0.2, 0) is 11.3 Å². The number of nitrogens with zero attached hydrogens (tertiary/aromatic N) is 2. The third kappa shape index (κ3) is 6.85. The van der Waals surface area contributed by atoms with Crippen molar-refractivity contribution in [3.63, 3.8) is 0 Å². The Morgan fingerprint density at radius 2 is 1.86 bits per heavy atom. The molecule has 0 aliphatic carbocycles. The number of imidazole rings is 1. The number of carboxylic acids is 1. The minimum atomic E-state index is -1.17. The molecule has 0 amide bonds. The average Bonchev–Trinajstić information content (AvgIpc) is 3.18. The Morgan fingerprint density at radius 1 is 1.14 bits per heavy atom. The van der Waals surface area contributed by atoms with Gasteiger partial charge in [0.1, 0.15) is 11.6 Å². The number of halogens is 1. The Balaban J connectivity index is 2.12. The highest BCUT2D eigenvalue weighted by Crippen LogP contribution is 2.36. The molecule has 186 valence electrons. The number of carbonyl (C=O) groups is 1. The third-order valence-electron chi connectivity index (χ3n) is 5.53. The average molecular weight is 482 g/mol. The summed E-state index contributed by atoms with van der Waals surface area (Å²) in [6.07, 6.45) is 0.407. The van der Waals surface area contributed by atoms with E-state index in [1.165, 1.54) is 18.2 Å². The van der Waals surface area contributed by atoms with Crippen molar-refractivity contribution in [2.75, 3.05) is 7.05 Å². The molecule has 3 aromatic rings. The van der Waals surface area contributed by atoms with Crippen molar-refractivity contribution >= 4 is 12.2 Å². The van der Waals surface area contributed by atoms with E-state index in [9.17, 15) is 19.4 Å². The fourth-order valence-corrected chi connectivity index (χ4v) is 3.95. The van der Waals surface area contributed by atoms with Crippen LogP contribution in [0.4, 0.5) is 4.39 Å². The lowest BCUT2D eigenvalue weighted by Crippen LogP contribution is -2.19. The Hall–Kier alpha value is -3.33. The van der Waals surface area contributed by atoms with Gasteiger partial charge in [-0.15, -0.1) is 0 Å². The van der Waals surface area contributed by atoms with Crippen LogP contribution in [0.5, 0.6) is 0 Å². The predicted octanol–water partition coefficient (Wildman–Crippen LogP) is 4.26. The maximum Gasteiger partial charge on any atom is 0.305 e. The fourth-order valence-electron chi connectivity index (χ4n) is 3.95. The number of carboxylic acid groups (broad SMARTS) is 1. The molecule has 0 saturated carbocycles. The maximum atomic E-state index is 13.7. The number of aliphatic hydroxyl groups excluding tert-OH is 2. The second-order valence-electron chi connectivity index (χ2n) is 8.83. The molecule has 2 aromatic carbocycles. The molecule has 3 rings (SSSR count). The second kappa shape index (κ2) is 11.9. The molecular formula is C27H32FN3O4. The van der Waals surface area contributed by atoms with Crippen LogP contribution >= 0.6 is 0 Å². The van der Waals surface area contributed by atoms with Gasteiger partial charge in [0.15, 0.2) is 0 Å². The first-order valence-electron chi connectivity index (χ1n) is 11.6. The first kappa shape index (κ1) is 26.3. The lowest BCUT2D eigenvalue weighted by molar-refractivity contribution is -0.139. The zero-order valence-electron chi connectivity index (χ0n) is 20.1. The minimum absolute atomic E-state index is 0.0304. The van der Waals surface area contributed by atoms with Gasteiger partial charge in [-0.2, -0.15) is 0 Å². The van der Waals surface area contributed by atoms with Crippen LogP contribution in [-0.4, -0.2) is 50.1 Å². The molecule has 2 unspecified atom stereocenters. The Morgan fingerprint density at radius 3 is 2.49 bits per heavy atom. The summed E-state index contributed by atoms with van der Waals surface area (Å²) >= 11 is 0. The van der Waals surface area contributed by atoms with Crippen LogP contribution in [0.25, 0.3) is 28.7 Å². The van der Waals surface area contributed by atoms with E-state index in [2.05, 4.69) is 11.4 Å². The quantitative estimate of drug-likeness (QED) is 0.326. The van der Waals surface area contributed by atoms with Gasteiger partial charge >= 0.3 is 5.97 Å². The summed E-state index contributed by atoms with van der Waals surface area (Å²) < 4.78 is 15.6. The summed E-state index contributed by atoms with van der Waals surface area (Å²) in [5.41, 5.74) is 4.22. The molecule has 2 atom stereocenters. The van der Waals surface area contributed by atoms with E-state index in [-0.39, 0.29) is 18.2 Å². The first-order valence-corrected chi connectivity index (χ1v) is 11.6. The molecule has 1 heterocycles. The highest BCUT2D eigenvalue weighted by atomic mass is 19.1. The highest BCUT2D eigenvalue weighted by Gasteiger charge is 2.21. The Labute approximate surface area is 204 Å². The summed E-state index contributed by atoms with van der Waals surface area (Å²) in [5.74, 6) is -0.704. The lowest BCUT2D eigenvalue weighted by Gasteiger charge is -2.13. The van der Waals surface area contributed by atoms with Crippen LogP contribution in [0, 0.1) is 5.82 Å². The van der Waals surface area contributed by atoms with Crippen LogP contribution < -0.4 is 5.32 Å². The molecule has 7 nitrogen and oxygen atoms in total. The van der Waals surface area contributed by atoms with Gasteiger partial charge in [-0.3, -0.25) is 4.79 Å². The molecule has 35 heavy (non-hydrogen) atoms. The van der Waals surface area contributed by atoms with Crippen LogP contribution in [0.2, 0.25) is 0 Å². The number of nitrogens with one attached hydrogen (secondary N) is 1. The molecule has 0 bridgehead atoms. The van der Waals surface area contributed by atoms with Gasteiger partial charge in [-0.25, -0.2) is 9.37 Å². The van der Waals surface area contributed by atoms with Gasteiger partial charge in [0.05, 0.1) is 30.0 Å². The standard InChI is InChI=1S/C27H32FN3O4/c1-17(2)27-30-25(20-6-4-5-18(13-20)16-29-3)26(19-7-9-21(28)10-8-19)31(27)12-11-22(32)14-23(33)15-24(34)35/h4-13,17,22-23,29,32-33H,14-16H2,1-3H3,(H,34,35)/b12-11+. The molecule has 1 aromatic heterocycles. The van der Waals surface area contributed by atoms with Crippen molar-refractivity contribution in [3.05, 3.63) is 71.8 Å². The number of aliphatic carboxylic acids is 1. The zero-order chi connectivity index (χ0) is 25.5. The summed E-state index contributed by atoms with van der Waals surface area (Å²) in [4.78, 5) is 15.8. The van der Waals surface area contributed by atoms with Crippen molar-refractivity contribution in [1.82, 2.24) is 14.9 Å². The molecule has 8 heteroatoms. The molecule has 0 saturated heterocycles. The van der Waals surface area contributed by atoms with Gasteiger partial charge in [0.25, 0.3) is 0 Å². The SMILES string of the molecule is CNCc1cccc(-c2nc(C(C)C)n(/C=C/C(O)CC(O)CC(=O)O)c2-c2ccc(F)cc2)c1. The van der Waals surface area contributed by atoms with Gasteiger partial charge in [-0.05, 0) is 49.0 Å². The number of rotatable bonds is 11. The second-order valence-corrected chi connectivity index (χ2v) is 8.83. The number of hydrogen-bond donors (Lipinski definition) is 4. The predicted molar refractivity (Wildman–Crippen MR) is 134 cm³/mol. The van der Waals surface area contributed by atoms with Crippen molar-refractivity contribution in [2.45, 2.75) is 51.4 Å². The first-order chi connectivity index (χ1) is 16.7. The zero-order valence-corrected chi connectivity index (χ0v) is 20.1. The monoisotopic (exact) mass is 481 g/mol. The summed E-state index contributed by atoms with van der Waals surface area (Å²) in [5, 5.41) is 32.3. The van der Waals surface area contributed by atoms with Crippen LogP contribution in [0.15, 0.2) is 54.6 Å². The lowest BCUT2D eigenvalue weighted by atomic mass is 10.0. The number of hydrogen-bond acceptors (Lipinski definition) is 5. The van der Waals surface area contributed by atoms with Crippen LogP contribution in [0.3, 0.4) is 0 Å². The largest absolute Gasteiger partial charge is 0.481 e. The number of benzene rings is 2. The van der Waals surface area contributed by atoms with Crippen molar-refractivity contribution < 1.29 is 24.5 Å². The molecule has 0 aliphatic heterocycles. The molecule has 0 radical (unpaired) electrons. The van der Waals surface area contributed by atoms with Crippen molar-refractivity contribution in [2.24, 2.45) is 0 Å². The summed E-state index contributed by atoms with van der Waals surface area (Å²) in [6, 6.07) is 14.2. The normalized spacial score (nSPS) is 13.5. The van der Waals surface area contributed by atoms with E-state index in [0.29, 0.717) is 6.54 Å². The molecule has 0 aliphatic rings. The molecule has 0 fully saturated rings. The summed E-state index contributed by atoms with van der Waals surface area (Å²) in [6.45, 7) is 4.72. The van der Waals surface area contributed by atoms with Crippen molar-refractivity contribution in [1.29, 1.82) is 0 Å². The number of aromatic nitrogens is 2. The van der Waals surface area contributed by atoms with Gasteiger partial charge in [0.2, 0.25) is 0 Å². The van der Waals surface area contributed by atoms with E-state index >= 15 is 0 Å². The minimum Gasteiger partial charge on any atom is -0.481 e. The van der Waals surface area contributed by atoms with Gasteiger partial charge in [0, 0.05) is 36.2 Å². The highest BCUT2D eigenvalue weighted by molar-refractivity contribution is 5.81. The molecule has 0 spiro atoms. The van der Waals surface area contributed by atoms with E-state index in [1.54, 1.807) is 18.3 Å².